The van der Waals surface area contributed by atoms with Crippen molar-refractivity contribution in [2.75, 3.05) is 19.8 Å². The van der Waals surface area contributed by atoms with Crippen molar-refractivity contribution < 1.29 is 28.4 Å². The Labute approximate surface area is 300 Å². The van der Waals surface area contributed by atoms with E-state index in [0.29, 0.717) is 6.42 Å². The van der Waals surface area contributed by atoms with Gasteiger partial charge in [0.05, 0.1) is 25.4 Å². The van der Waals surface area contributed by atoms with E-state index in [1.807, 2.05) is 6.08 Å². The van der Waals surface area contributed by atoms with Crippen LogP contribution < -0.4 is 11.1 Å². The van der Waals surface area contributed by atoms with Crippen LogP contribution in [0.15, 0.2) is 60.8 Å². The summed E-state index contributed by atoms with van der Waals surface area (Å²) in [6, 6.07) is -0.874. The predicted molar refractivity (Wildman–Crippen MR) is 207 cm³/mol. The molecule has 8 nitrogen and oxygen atoms in total. The summed E-state index contributed by atoms with van der Waals surface area (Å²) in [5.74, 6) is -0.221. The number of phosphoric ester groups is 1. The van der Waals surface area contributed by atoms with Gasteiger partial charge in [-0.25, -0.2) is 4.57 Å². The highest BCUT2D eigenvalue weighted by Gasteiger charge is 2.26. The van der Waals surface area contributed by atoms with Gasteiger partial charge in [0.2, 0.25) is 5.91 Å². The Hall–Kier alpha value is -1.80. The average Bonchev–Trinajstić information content (AvgIpc) is 3.09. The second-order valence-electron chi connectivity index (χ2n) is 12.8. The van der Waals surface area contributed by atoms with E-state index in [0.717, 1.165) is 77.0 Å². The molecule has 0 aromatic heterocycles. The van der Waals surface area contributed by atoms with Gasteiger partial charge in [-0.15, -0.1) is 0 Å². The van der Waals surface area contributed by atoms with E-state index >= 15 is 0 Å². The fraction of sp³-hybridized carbons (Fsp3) is 0.725. The summed E-state index contributed by atoms with van der Waals surface area (Å²) in [5, 5.41) is 13.6. The minimum atomic E-state index is -4.34. The van der Waals surface area contributed by atoms with E-state index in [1.54, 1.807) is 6.08 Å². The van der Waals surface area contributed by atoms with Crippen LogP contribution in [0, 0.1) is 0 Å². The van der Waals surface area contributed by atoms with Gasteiger partial charge in [-0.2, -0.15) is 0 Å². The molecule has 0 saturated heterocycles. The molecule has 0 heterocycles. The monoisotopic (exact) mass is 709 g/mol. The molecule has 0 aliphatic carbocycles. The third-order valence-corrected chi connectivity index (χ3v) is 9.08. The van der Waals surface area contributed by atoms with Crippen LogP contribution in [-0.2, 0) is 18.4 Å². The van der Waals surface area contributed by atoms with Gasteiger partial charge in [0.25, 0.3) is 0 Å². The normalized spacial score (nSPS) is 15.0. The maximum Gasteiger partial charge on any atom is 0.472 e. The molecule has 0 saturated carbocycles. The minimum absolute atomic E-state index is 0.0714. The molecule has 3 atom stereocenters. The van der Waals surface area contributed by atoms with Crippen molar-refractivity contribution in [3.05, 3.63) is 60.8 Å². The summed E-state index contributed by atoms with van der Waals surface area (Å²) >= 11 is 0. The second kappa shape index (κ2) is 36.0. The molecular weight excluding hydrogens is 635 g/mol. The zero-order valence-electron chi connectivity index (χ0n) is 31.2. The maximum absolute atomic E-state index is 12.7. The fourth-order valence-electron chi connectivity index (χ4n) is 5.18. The Morgan fingerprint density at radius 1 is 0.694 bits per heavy atom. The molecule has 0 aliphatic rings. The molecule has 0 aliphatic heterocycles. The summed E-state index contributed by atoms with van der Waals surface area (Å²) < 4.78 is 22.0. The van der Waals surface area contributed by atoms with Gasteiger partial charge in [0.15, 0.2) is 0 Å². The Morgan fingerprint density at radius 2 is 1.18 bits per heavy atom. The third-order valence-electron chi connectivity index (χ3n) is 8.10. The summed E-state index contributed by atoms with van der Waals surface area (Å²) in [5.41, 5.74) is 5.35. The smallest absolute Gasteiger partial charge is 0.387 e. The van der Waals surface area contributed by atoms with Crippen LogP contribution in [-0.4, -0.2) is 47.8 Å². The summed E-state index contributed by atoms with van der Waals surface area (Å²) in [6.45, 7) is 3.97. The van der Waals surface area contributed by atoms with E-state index in [1.165, 1.54) is 57.8 Å². The van der Waals surface area contributed by atoms with Crippen LogP contribution in [0.1, 0.15) is 155 Å². The van der Waals surface area contributed by atoms with Crippen molar-refractivity contribution in [1.29, 1.82) is 0 Å². The standard InChI is InChI=1S/C40H73N2O6P/c1-3-5-7-9-11-13-15-17-18-19-20-22-24-26-28-30-32-34-40(44)42-38(37-48-49(45,46)47-36-35-41)39(43)33-31-29-27-25-23-21-16-14-12-10-8-6-4-2/h5,7,11,13,17-18,20,22,31,33,38-39,43H,3-4,6,8-10,12,14-16,19,21,23-30,32,34-37,41H2,1-2H3,(H,42,44)(H,45,46)/b7-5-,13-11-,18-17-,22-20-,33-31+. The molecule has 5 N–H and O–H groups in total. The van der Waals surface area contributed by atoms with Gasteiger partial charge < -0.3 is 21.1 Å². The van der Waals surface area contributed by atoms with Crippen LogP contribution in [0.2, 0.25) is 0 Å². The largest absolute Gasteiger partial charge is 0.472 e. The number of hydrogen-bond donors (Lipinski definition) is 4. The minimum Gasteiger partial charge on any atom is -0.387 e. The third kappa shape index (κ3) is 34.4. The molecule has 0 bridgehead atoms. The fourth-order valence-corrected chi connectivity index (χ4v) is 5.94. The highest BCUT2D eigenvalue weighted by molar-refractivity contribution is 7.47. The lowest BCUT2D eigenvalue weighted by Gasteiger charge is -2.23. The average molecular weight is 709 g/mol. The first-order valence-electron chi connectivity index (χ1n) is 19.4. The topological polar surface area (TPSA) is 131 Å². The van der Waals surface area contributed by atoms with Crippen LogP contribution in [0.25, 0.3) is 0 Å². The molecule has 0 radical (unpaired) electrons. The number of hydrogen-bond acceptors (Lipinski definition) is 6. The summed E-state index contributed by atoms with van der Waals surface area (Å²) in [4.78, 5) is 22.6. The number of amides is 1. The molecular formula is C40H73N2O6P. The number of unbranched alkanes of at least 4 members (excludes halogenated alkanes) is 15. The number of rotatable bonds is 35. The molecule has 9 heteroatoms. The number of nitrogens with two attached hydrogens (primary N) is 1. The van der Waals surface area contributed by atoms with E-state index in [9.17, 15) is 19.4 Å². The number of carbonyl (C=O) groups is 1. The van der Waals surface area contributed by atoms with Crippen LogP contribution >= 0.6 is 7.82 Å². The van der Waals surface area contributed by atoms with Gasteiger partial charge in [-0.3, -0.25) is 13.8 Å². The SMILES string of the molecule is CC/C=C\C/C=C\C/C=C\C/C=C\CCCCCCC(=O)NC(COP(=O)(O)OCCN)C(O)/C=C/CCCCCCCCCCCCC. The molecule has 0 rings (SSSR count). The van der Waals surface area contributed by atoms with Gasteiger partial charge in [-0.1, -0.05) is 152 Å². The van der Waals surface area contributed by atoms with Crippen molar-refractivity contribution in [2.24, 2.45) is 5.73 Å². The first-order chi connectivity index (χ1) is 23.9. The number of phosphoric acid groups is 1. The first kappa shape index (κ1) is 47.2. The van der Waals surface area contributed by atoms with E-state index in [2.05, 4.69) is 67.8 Å². The highest BCUT2D eigenvalue weighted by atomic mass is 31.2. The van der Waals surface area contributed by atoms with Gasteiger partial charge in [0, 0.05) is 13.0 Å². The van der Waals surface area contributed by atoms with Crippen LogP contribution in [0.5, 0.6) is 0 Å². The molecule has 49 heavy (non-hydrogen) atoms. The Balaban J connectivity index is 4.36. The maximum atomic E-state index is 12.7. The molecule has 1 amide bonds. The first-order valence-corrected chi connectivity index (χ1v) is 20.9. The second-order valence-corrected chi connectivity index (χ2v) is 14.2. The molecule has 0 spiro atoms. The number of carbonyl (C=O) groups excluding carboxylic acids is 1. The number of aliphatic hydroxyl groups excluding tert-OH is 1. The summed E-state index contributed by atoms with van der Waals surface area (Å²) in [6.07, 6.45) is 44.0. The van der Waals surface area contributed by atoms with Crippen LogP contribution in [0.4, 0.5) is 0 Å². The highest BCUT2D eigenvalue weighted by Crippen LogP contribution is 2.43. The molecule has 0 aromatic carbocycles. The van der Waals surface area contributed by atoms with Crippen LogP contribution in [0.3, 0.4) is 0 Å². The quantitative estimate of drug-likeness (QED) is 0.0293. The van der Waals surface area contributed by atoms with Gasteiger partial charge >= 0.3 is 7.82 Å². The van der Waals surface area contributed by atoms with Crippen molar-refractivity contribution in [1.82, 2.24) is 5.32 Å². The van der Waals surface area contributed by atoms with Gasteiger partial charge in [-0.05, 0) is 57.8 Å². The lowest BCUT2D eigenvalue weighted by atomic mass is 10.0. The molecule has 0 aromatic rings. The van der Waals surface area contributed by atoms with Crippen molar-refractivity contribution >= 4 is 13.7 Å². The lowest BCUT2D eigenvalue weighted by Crippen LogP contribution is -2.45. The Kier molecular flexibility index (Phi) is 34.7. The zero-order chi connectivity index (χ0) is 36.1. The van der Waals surface area contributed by atoms with Crippen molar-refractivity contribution in [2.45, 2.75) is 167 Å². The number of allylic oxidation sites excluding steroid dienone is 9. The van der Waals surface area contributed by atoms with E-state index in [-0.39, 0.29) is 25.7 Å². The Morgan fingerprint density at radius 3 is 1.73 bits per heavy atom. The zero-order valence-corrected chi connectivity index (χ0v) is 32.1. The Bertz CT molecular complexity index is 949. The molecule has 0 fully saturated rings. The van der Waals surface area contributed by atoms with Gasteiger partial charge in [0.1, 0.15) is 0 Å². The van der Waals surface area contributed by atoms with E-state index in [4.69, 9.17) is 14.8 Å². The summed E-state index contributed by atoms with van der Waals surface area (Å²) in [7, 11) is -4.34. The number of nitrogens with one attached hydrogen (secondary N) is 1. The molecule has 3 unspecified atom stereocenters. The van der Waals surface area contributed by atoms with Crippen molar-refractivity contribution in [3.8, 4) is 0 Å². The predicted octanol–water partition coefficient (Wildman–Crippen LogP) is 10.3. The van der Waals surface area contributed by atoms with E-state index < -0.39 is 20.0 Å². The van der Waals surface area contributed by atoms with Crippen molar-refractivity contribution in [3.63, 3.8) is 0 Å². The number of aliphatic hydroxyl groups is 1. The lowest BCUT2D eigenvalue weighted by molar-refractivity contribution is -0.123. The molecule has 284 valence electrons.